The highest BCUT2D eigenvalue weighted by Crippen LogP contribution is 2.22. The van der Waals surface area contributed by atoms with Crippen LogP contribution in [0, 0.1) is 10.8 Å². The number of rotatable bonds is 2. The summed E-state index contributed by atoms with van der Waals surface area (Å²) in [6.45, 7) is 1.77. The molecule has 1 rings (SSSR count). The SMILES string of the molecule is CC(N=O)C1CCCCCCCCCC1=O. The quantitative estimate of drug-likeness (QED) is 0.670. The van der Waals surface area contributed by atoms with E-state index in [0.29, 0.717) is 6.42 Å². The molecule has 0 amide bonds. The Bertz CT molecular complexity index is 228. The molecule has 1 saturated carbocycles. The molecule has 0 heterocycles. The van der Waals surface area contributed by atoms with E-state index in [9.17, 15) is 9.70 Å². The second-order valence-corrected chi connectivity index (χ2v) is 4.93. The molecule has 0 aromatic rings. The van der Waals surface area contributed by atoms with Crippen molar-refractivity contribution in [2.75, 3.05) is 0 Å². The number of ketones is 1. The molecule has 0 aromatic carbocycles. The molecule has 0 aromatic heterocycles. The zero-order valence-corrected chi connectivity index (χ0v) is 10.3. The molecule has 3 nitrogen and oxygen atoms in total. The average Bonchev–Trinajstić information content (AvgIpc) is 2.34. The van der Waals surface area contributed by atoms with Gasteiger partial charge in [-0.15, -0.1) is 0 Å². The van der Waals surface area contributed by atoms with Gasteiger partial charge in [0.15, 0.2) is 0 Å². The summed E-state index contributed by atoms with van der Waals surface area (Å²) in [6.07, 6.45) is 9.70. The van der Waals surface area contributed by atoms with E-state index in [0.717, 1.165) is 25.7 Å². The second kappa shape index (κ2) is 7.53. The van der Waals surface area contributed by atoms with Crippen molar-refractivity contribution < 1.29 is 4.79 Å². The number of hydrogen-bond donors (Lipinski definition) is 0. The fraction of sp³-hybridized carbons (Fsp3) is 0.923. The van der Waals surface area contributed by atoms with Crippen molar-refractivity contribution in [2.45, 2.75) is 70.8 Å². The summed E-state index contributed by atoms with van der Waals surface area (Å²) in [5, 5.41) is 3.04. The minimum atomic E-state index is -0.340. The summed E-state index contributed by atoms with van der Waals surface area (Å²) >= 11 is 0. The van der Waals surface area contributed by atoms with E-state index in [1.54, 1.807) is 6.92 Å². The smallest absolute Gasteiger partial charge is 0.138 e. The summed E-state index contributed by atoms with van der Waals surface area (Å²) in [7, 11) is 0. The number of carbonyl (C=O) groups excluding carboxylic acids is 1. The topological polar surface area (TPSA) is 46.5 Å². The van der Waals surface area contributed by atoms with Crippen molar-refractivity contribution in [3.8, 4) is 0 Å². The monoisotopic (exact) mass is 225 g/mol. The van der Waals surface area contributed by atoms with Crippen LogP contribution in [-0.4, -0.2) is 11.8 Å². The van der Waals surface area contributed by atoms with Crippen LogP contribution in [-0.2, 0) is 4.79 Å². The molecule has 2 unspecified atom stereocenters. The number of nitroso groups, excluding NO2 is 1. The van der Waals surface area contributed by atoms with E-state index in [1.165, 1.54) is 25.7 Å². The first-order valence-corrected chi connectivity index (χ1v) is 6.61. The van der Waals surface area contributed by atoms with Crippen LogP contribution in [0.4, 0.5) is 0 Å². The minimum Gasteiger partial charge on any atom is -0.299 e. The molecule has 0 radical (unpaired) electrons. The van der Waals surface area contributed by atoms with E-state index in [-0.39, 0.29) is 17.7 Å². The molecule has 92 valence electrons. The van der Waals surface area contributed by atoms with Crippen LogP contribution in [0.5, 0.6) is 0 Å². The Morgan fingerprint density at radius 2 is 1.62 bits per heavy atom. The van der Waals surface area contributed by atoms with Crippen molar-refractivity contribution in [3.63, 3.8) is 0 Å². The maximum Gasteiger partial charge on any atom is 0.138 e. The van der Waals surface area contributed by atoms with Crippen LogP contribution >= 0.6 is 0 Å². The Labute approximate surface area is 98.0 Å². The highest BCUT2D eigenvalue weighted by molar-refractivity contribution is 5.81. The largest absolute Gasteiger partial charge is 0.299 e. The van der Waals surface area contributed by atoms with Crippen LogP contribution in [0.25, 0.3) is 0 Å². The fourth-order valence-electron chi connectivity index (χ4n) is 2.48. The van der Waals surface area contributed by atoms with Gasteiger partial charge in [-0.05, 0) is 19.8 Å². The first-order valence-electron chi connectivity index (χ1n) is 6.61. The van der Waals surface area contributed by atoms with Gasteiger partial charge < -0.3 is 0 Å². The van der Waals surface area contributed by atoms with Gasteiger partial charge in [0.1, 0.15) is 5.78 Å². The average molecular weight is 225 g/mol. The van der Waals surface area contributed by atoms with Crippen LogP contribution < -0.4 is 0 Å². The molecule has 1 aliphatic carbocycles. The van der Waals surface area contributed by atoms with Gasteiger partial charge in [-0.25, -0.2) is 0 Å². The van der Waals surface area contributed by atoms with Gasteiger partial charge in [0.25, 0.3) is 0 Å². The van der Waals surface area contributed by atoms with Gasteiger partial charge in [0, 0.05) is 12.3 Å². The van der Waals surface area contributed by atoms with Crippen molar-refractivity contribution in [3.05, 3.63) is 4.91 Å². The maximum absolute atomic E-state index is 11.9. The molecule has 16 heavy (non-hydrogen) atoms. The molecule has 0 saturated heterocycles. The normalized spacial score (nSPS) is 26.8. The predicted octanol–water partition coefficient (Wildman–Crippen LogP) is 3.85. The van der Waals surface area contributed by atoms with E-state index < -0.39 is 0 Å². The summed E-state index contributed by atoms with van der Waals surface area (Å²) in [4.78, 5) is 22.5. The number of nitrogens with zero attached hydrogens (tertiary/aromatic N) is 1. The number of Topliss-reactive ketones (excluding diaryl/α,β-unsaturated/α-hetero) is 1. The Kier molecular flexibility index (Phi) is 6.27. The molecular weight excluding hydrogens is 202 g/mol. The third kappa shape index (κ3) is 4.42. The van der Waals surface area contributed by atoms with Crippen LogP contribution in [0.15, 0.2) is 5.18 Å². The van der Waals surface area contributed by atoms with Gasteiger partial charge in [0.2, 0.25) is 0 Å². The third-order valence-electron chi connectivity index (χ3n) is 3.60. The van der Waals surface area contributed by atoms with Gasteiger partial charge in [0.05, 0.1) is 6.04 Å². The molecule has 3 heteroatoms. The highest BCUT2D eigenvalue weighted by atomic mass is 16.3. The first-order chi connectivity index (χ1) is 7.75. The molecule has 2 atom stereocenters. The van der Waals surface area contributed by atoms with Crippen molar-refractivity contribution in [1.29, 1.82) is 0 Å². The standard InChI is InChI=1S/C13H23NO2/c1-11(14-16)12-9-7-5-3-2-4-6-8-10-13(12)15/h11-12H,2-10H2,1H3. The van der Waals surface area contributed by atoms with E-state index in [4.69, 9.17) is 0 Å². The predicted molar refractivity (Wildman–Crippen MR) is 65.3 cm³/mol. The summed E-state index contributed by atoms with van der Waals surface area (Å²) < 4.78 is 0. The van der Waals surface area contributed by atoms with E-state index >= 15 is 0 Å². The van der Waals surface area contributed by atoms with Gasteiger partial charge in [-0.2, -0.15) is 4.91 Å². The zero-order valence-electron chi connectivity index (χ0n) is 10.3. The summed E-state index contributed by atoms with van der Waals surface area (Å²) in [6, 6.07) is -0.340. The van der Waals surface area contributed by atoms with Gasteiger partial charge in [-0.3, -0.25) is 4.79 Å². The third-order valence-corrected chi connectivity index (χ3v) is 3.60. The summed E-state index contributed by atoms with van der Waals surface area (Å²) in [5.41, 5.74) is 0. The first kappa shape index (κ1) is 13.3. The Hall–Kier alpha value is -0.730. The van der Waals surface area contributed by atoms with Crippen molar-refractivity contribution in [1.82, 2.24) is 0 Å². The lowest BCUT2D eigenvalue weighted by Gasteiger charge is -2.17. The second-order valence-electron chi connectivity index (χ2n) is 4.93. The van der Waals surface area contributed by atoms with Crippen LogP contribution in [0.3, 0.4) is 0 Å². The molecule has 1 aliphatic rings. The lowest BCUT2D eigenvalue weighted by molar-refractivity contribution is -0.123. The lowest BCUT2D eigenvalue weighted by atomic mass is 9.89. The van der Waals surface area contributed by atoms with E-state index in [2.05, 4.69) is 5.18 Å². The van der Waals surface area contributed by atoms with Crippen molar-refractivity contribution in [2.24, 2.45) is 11.1 Å². The Balaban J connectivity index is 2.54. The molecule has 1 fully saturated rings. The van der Waals surface area contributed by atoms with Gasteiger partial charge >= 0.3 is 0 Å². The van der Waals surface area contributed by atoms with Crippen molar-refractivity contribution >= 4 is 5.78 Å². The van der Waals surface area contributed by atoms with Gasteiger partial charge in [-0.1, -0.05) is 43.7 Å². The molecule has 0 bridgehead atoms. The number of carbonyl (C=O) groups is 1. The number of hydrogen-bond acceptors (Lipinski definition) is 3. The lowest BCUT2D eigenvalue weighted by Crippen LogP contribution is -2.24. The summed E-state index contributed by atoms with van der Waals surface area (Å²) in [5.74, 6) is 0.143. The Morgan fingerprint density at radius 3 is 2.25 bits per heavy atom. The Morgan fingerprint density at radius 1 is 1.06 bits per heavy atom. The van der Waals surface area contributed by atoms with E-state index in [1.807, 2.05) is 0 Å². The zero-order chi connectivity index (χ0) is 11.8. The van der Waals surface area contributed by atoms with Crippen LogP contribution in [0.1, 0.15) is 64.7 Å². The molecular formula is C13H23NO2. The minimum absolute atomic E-state index is 0.115. The van der Waals surface area contributed by atoms with Crippen LogP contribution in [0.2, 0.25) is 0 Å². The molecule has 0 N–H and O–H groups in total. The maximum atomic E-state index is 11.9. The highest BCUT2D eigenvalue weighted by Gasteiger charge is 2.24. The molecule has 0 aliphatic heterocycles. The fourth-order valence-corrected chi connectivity index (χ4v) is 2.48. The molecule has 0 spiro atoms.